The van der Waals surface area contributed by atoms with E-state index in [0.717, 1.165) is 18.4 Å². The summed E-state index contributed by atoms with van der Waals surface area (Å²) in [5.41, 5.74) is 1.47. The Morgan fingerprint density at radius 2 is 2.14 bits per heavy atom. The van der Waals surface area contributed by atoms with Gasteiger partial charge in [-0.2, -0.15) is 0 Å². The van der Waals surface area contributed by atoms with Crippen LogP contribution in [0.15, 0.2) is 18.2 Å². The number of carbonyl (C=O) groups is 1. The Kier molecular flexibility index (Phi) is 3.51. The maximum atomic E-state index is 10.6. The van der Waals surface area contributed by atoms with Crippen LogP contribution in [0.5, 0.6) is 5.75 Å². The number of phenolic OH excluding ortho intramolecular Hbond substituents is 1. The average Bonchev–Trinajstić information content (AvgIpc) is 2.11. The van der Waals surface area contributed by atoms with Gasteiger partial charge in [-0.3, -0.25) is 4.79 Å². The van der Waals surface area contributed by atoms with Crippen LogP contribution in [0.25, 0.3) is 0 Å². The maximum absolute atomic E-state index is 10.6. The number of rotatable bonds is 4. The van der Waals surface area contributed by atoms with Crippen LogP contribution in [0.4, 0.5) is 0 Å². The molecule has 0 atom stereocenters. The quantitative estimate of drug-likeness (QED) is 0.770. The molecule has 2 N–H and O–H groups in total. The molecule has 0 aromatic heterocycles. The first-order chi connectivity index (χ1) is 6.65. The number of phenols is 1. The number of carboxylic acids is 1. The molecule has 0 fully saturated rings. The molecule has 1 aromatic carbocycles. The van der Waals surface area contributed by atoms with Crippen LogP contribution in [0.1, 0.15) is 24.5 Å². The van der Waals surface area contributed by atoms with E-state index in [1.807, 2.05) is 13.0 Å². The van der Waals surface area contributed by atoms with Gasteiger partial charge < -0.3 is 10.2 Å². The van der Waals surface area contributed by atoms with Crippen molar-refractivity contribution in [2.45, 2.75) is 26.2 Å². The largest absolute Gasteiger partial charge is 0.508 e. The molecule has 0 saturated heterocycles. The first kappa shape index (κ1) is 10.6. The lowest BCUT2D eigenvalue weighted by atomic mass is 10.00. The highest BCUT2D eigenvalue weighted by molar-refractivity contribution is 5.72. The van der Waals surface area contributed by atoms with E-state index in [4.69, 9.17) is 5.11 Å². The zero-order chi connectivity index (χ0) is 10.6. The van der Waals surface area contributed by atoms with Gasteiger partial charge in [0.1, 0.15) is 5.75 Å². The van der Waals surface area contributed by atoms with E-state index in [2.05, 4.69) is 0 Å². The lowest BCUT2D eigenvalue weighted by molar-refractivity contribution is -0.136. The topological polar surface area (TPSA) is 57.5 Å². The van der Waals surface area contributed by atoms with Crippen molar-refractivity contribution >= 4 is 5.97 Å². The summed E-state index contributed by atoms with van der Waals surface area (Å²) in [6, 6.07) is 5.13. The van der Waals surface area contributed by atoms with Crippen molar-refractivity contribution in [3.05, 3.63) is 29.3 Å². The molecular formula is C11H14O3. The van der Waals surface area contributed by atoms with Gasteiger partial charge in [0.2, 0.25) is 0 Å². The number of carboxylic acid groups (broad SMARTS) is 1. The van der Waals surface area contributed by atoms with E-state index in [1.165, 1.54) is 6.07 Å². The van der Waals surface area contributed by atoms with Crippen LogP contribution in [-0.2, 0) is 17.6 Å². The van der Waals surface area contributed by atoms with E-state index in [0.29, 0.717) is 5.56 Å². The van der Waals surface area contributed by atoms with Crippen LogP contribution < -0.4 is 0 Å². The summed E-state index contributed by atoms with van der Waals surface area (Å²) in [5, 5.41) is 18.2. The van der Waals surface area contributed by atoms with E-state index < -0.39 is 5.97 Å². The molecule has 0 aliphatic carbocycles. The van der Waals surface area contributed by atoms with Gasteiger partial charge in [0.15, 0.2) is 0 Å². The fraction of sp³-hybridized carbons (Fsp3) is 0.364. The van der Waals surface area contributed by atoms with Gasteiger partial charge in [-0.25, -0.2) is 0 Å². The van der Waals surface area contributed by atoms with Crippen molar-refractivity contribution in [2.24, 2.45) is 0 Å². The first-order valence-corrected chi connectivity index (χ1v) is 4.66. The second-order valence-corrected chi connectivity index (χ2v) is 3.24. The number of hydrogen-bond acceptors (Lipinski definition) is 2. The molecule has 76 valence electrons. The third-order valence-electron chi connectivity index (χ3n) is 2.10. The van der Waals surface area contributed by atoms with Gasteiger partial charge in [-0.15, -0.1) is 0 Å². The number of aliphatic carboxylic acids is 1. The Bertz CT molecular complexity index is 331. The summed E-state index contributed by atoms with van der Waals surface area (Å²) in [6.45, 7) is 2.02. The minimum Gasteiger partial charge on any atom is -0.508 e. The highest BCUT2D eigenvalue weighted by Crippen LogP contribution is 2.22. The second-order valence-electron chi connectivity index (χ2n) is 3.24. The Morgan fingerprint density at radius 1 is 1.43 bits per heavy atom. The summed E-state index contributed by atoms with van der Waals surface area (Å²) in [6.07, 6.45) is 1.63. The molecule has 3 heteroatoms. The van der Waals surface area contributed by atoms with Crippen LogP contribution in [0.2, 0.25) is 0 Å². The molecule has 0 aliphatic rings. The van der Waals surface area contributed by atoms with Crippen molar-refractivity contribution in [3.63, 3.8) is 0 Å². The van der Waals surface area contributed by atoms with Crippen LogP contribution in [0.3, 0.4) is 0 Å². The van der Waals surface area contributed by atoms with E-state index >= 15 is 0 Å². The summed E-state index contributed by atoms with van der Waals surface area (Å²) >= 11 is 0. The van der Waals surface area contributed by atoms with Gasteiger partial charge in [-0.05, 0) is 18.1 Å². The van der Waals surface area contributed by atoms with Crippen LogP contribution >= 0.6 is 0 Å². The summed E-state index contributed by atoms with van der Waals surface area (Å²) < 4.78 is 0. The molecule has 0 amide bonds. The molecular weight excluding hydrogens is 180 g/mol. The smallest absolute Gasteiger partial charge is 0.307 e. The minimum atomic E-state index is -0.913. The molecule has 14 heavy (non-hydrogen) atoms. The summed E-state index contributed by atoms with van der Waals surface area (Å²) in [5.74, 6) is -0.831. The van der Waals surface area contributed by atoms with Crippen LogP contribution in [-0.4, -0.2) is 16.2 Å². The summed E-state index contributed by atoms with van der Waals surface area (Å²) in [4.78, 5) is 10.6. The highest BCUT2D eigenvalue weighted by atomic mass is 16.4. The number of aromatic hydroxyl groups is 1. The third kappa shape index (κ3) is 2.49. The molecule has 0 heterocycles. The zero-order valence-electron chi connectivity index (χ0n) is 8.16. The number of aryl methyl sites for hydroxylation is 1. The predicted octanol–water partition coefficient (Wildman–Crippen LogP) is 1.97. The predicted molar refractivity (Wildman–Crippen MR) is 53.4 cm³/mol. The Morgan fingerprint density at radius 3 is 2.71 bits per heavy atom. The Labute approximate surface area is 83.0 Å². The molecule has 1 rings (SSSR count). The first-order valence-electron chi connectivity index (χ1n) is 4.66. The number of benzene rings is 1. The zero-order valence-corrected chi connectivity index (χ0v) is 8.16. The molecule has 3 nitrogen and oxygen atoms in total. The standard InChI is InChI=1S/C11H14O3/c1-2-4-8-5-3-6-10(12)9(8)7-11(13)14/h3,5-6,12H,2,4,7H2,1H3,(H,13,14). The monoisotopic (exact) mass is 194 g/mol. The molecule has 0 radical (unpaired) electrons. The number of hydrogen-bond donors (Lipinski definition) is 2. The van der Waals surface area contributed by atoms with Gasteiger partial charge in [0.25, 0.3) is 0 Å². The van der Waals surface area contributed by atoms with Crippen LogP contribution in [0, 0.1) is 0 Å². The molecule has 1 aromatic rings. The summed E-state index contributed by atoms with van der Waals surface area (Å²) in [7, 11) is 0. The Hall–Kier alpha value is -1.51. The van der Waals surface area contributed by atoms with Gasteiger partial charge >= 0.3 is 5.97 Å². The molecule has 0 unspecified atom stereocenters. The van der Waals surface area contributed by atoms with Crippen molar-refractivity contribution in [3.8, 4) is 5.75 Å². The van der Waals surface area contributed by atoms with E-state index in [9.17, 15) is 9.90 Å². The molecule has 0 bridgehead atoms. The Balaban J connectivity index is 3.02. The van der Waals surface area contributed by atoms with Gasteiger partial charge in [0, 0.05) is 5.56 Å². The van der Waals surface area contributed by atoms with E-state index in [1.54, 1.807) is 6.07 Å². The van der Waals surface area contributed by atoms with Gasteiger partial charge in [0.05, 0.1) is 6.42 Å². The normalized spacial score (nSPS) is 10.1. The van der Waals surface area contributed by atoms with Crippen molar-refractivity contribution < 1.29 is 15.0 Å². The average molecular weight is 194 g/mol. The SMILES string of the molecule is CCCc1cccc(O)c1CC(=O)O. The minimum absolute atomic E-state index is 0.0818. The van der Waals surface area contributed by atoms with E-state index in [-0.39, 0.29) is 12.2 Å². The lowest BCUT2D eigenvalue weighted by Crippen LogP contribution is -2.03. The fourth-order valence-corrected chi connectivity index (χ4v) is 1.48. The van der Waals surface area contributed by atoms with Crippen molar-refractivity contribution in [1.29, 1.82) is 0 Å². The van der Waals surface area contributed by atoms with Gasteiger partial charge in [-0.1, -0.05) is 25.5 Å². The second kappa shape index (κ2) is 4.65. The third-order valence-corrected chi connectivity index (χ3v) is 2.10. The molecule has 0 spiro atoms. The molecule has 0 saturated carbocycles. The molecule has 0 aliphatic heterocycles. The lowest BCUT2D eigenvalue weighted by Gasteiger charge is -2.08. The van der Waals surface area contributed by atoms with Crippen molar-refractivity contribution in [2.75, 3.05) is 0 Å². The maximum Gasteiger partial charge on any atom is 0.307 e. The fourth-order valence-electron chi connectivity index (χ4n) is 1.48. The highest BCUT2D eigenvalue weighted by Gasteiger charge is 2.10. The van der Waals surface area contributed by atoms with Crippen molar-refractivity contribution in [1.82, 2.24) is 0 Å².